The third-order valence-corrected chi connectivity index (χ3v) is 10.8. The molecule has 2 aliphatic rings. The van der Waals surface area contributed by atoms with Crippen LogP contribution in [0.3, 0.4) is 0 Å². The van der Waals surface area contributed by atoms with Gasteiger partial charge in [0.25, 0.3) is 0 Å². The van der Waals surface area contributed by atoms with E-state index in [-0.39, 0.29) is 0 Å². The van der Waals surface area contributed by atoms with Crippen molar-refractivity contribution in [1.82, 2.24) is 15.0 Å². The molecular formula is C48H29N3O. The third-order valence-electron chi connectivity index (χ3n) is 10.8. The third kappa shape index (κ3) is 4.00. The number of aromatic nitrogens is 3. The van der Waals surface area contributed by atoms with Crippen LogP contribution in [0.25, 0.3) is 66.8 Å². The Kier molecular flexibility index (Phi) is 6.13. The van der Waals surface area contributed by atoms with Crippen LogP contribution in [-0.4, -0.2) is 15.0 Å². The fourth-order valence-corrected chi connectivity index (χ4v) is 8.58. The molecule has 4 heteroatoms. The Bertz CT molecular complexity index is 2740. The maximum atomic E-state index is 7.18. The van der Waals surface area contributed by atoms with Gasteiger partial charge in [-0.2, -0.15) is 0 Å². The maximum absolute atomic E-state index is 7.18. The van der Waals surface area contributed by atoms with Gasteiger partial charge in [0, 0.05) is 38.6 Å². The first-order valence-corrected chi connectivity index (χ1v) is 17.6. The van der Waals surface area contributed by atoms with E-state index in [1.165, 1.54) is 11.1 Å². The van der Waals surface area contributed by atoms with Crippen molar-refractivity contribution in [3.05, 3.63) is 198 Å². The highest BCUT2D eigenvalue weighted by Crippen LogP contribution is 2.65. The van der Waals surface area contributed by atoms with Gasteiger partial charge in [0.05, 0.1) is 5.41 Å². The first-order chi connectivity index (χ1) is 25.8. The van der Waals surface area contributed by atoms with Gasteiger partial charge < -0.3 is 4.74 Å². The summed E-state index contributed by atoms with van der Waals surface area (Å²) in [4.78, 5) is 15.6. The molecule has 2 heterocycles. The van der Waals surface area contributed by atoms with Crippen molar-refractivity contribution in [2.75, 3.05) is 0 Å². The van der Waals surface area contributed by atoms with E-state index in [1.807, 2.05) is 36.4 Å². The van der Waals surface area contributed by atoms with E-state index in [1.54, 1.807) is 0 Å². The van der Waals surface area contributed by atoms with Gasteiger partial charge in [0.15, 0.2) is 17.5 Å². The first-order valence-electron chi connectivity index (χ1n) is 17.6. The second-order valence-corrected chi connectivity index (χ2v) is 13.5. The fourth-order valence-electron chi connectivity index (χ4n) is 8.58. The summed E-state index contributed by atoms with van der Waals surface area (Å²) in [7, 11) is 0. The first kappa shape index (κ1) is 28.9. The van der Waals surface area contributed by atoms with E-state index in [9.17, 15) is 0 Å². The number of rotatable bonds is 3. The van der Waals surface area contributed by atoms with Gasteiger partial charge in [0.1, 0.15) is 11.5 Å². The minimum Gasteiger partial charge on any atom is -0.455 e. The van der Waals surface area contributed by atoms with Crippen LogP contribution in [0, 0.1) is 0 Å². The zero-order chi connectivity index (χ0) is 34.2. The molecule has 52 heavy (non-hydrogen) atoms. The molecule has 0 bridgehead atoms. The Morgan fingerprint density at radius 2 is 0.827 bits per heavy atom. The second kappa shape index (κ2) is 11.0. The number of benzene rings is 8. The molecule has 1 aliphatic heterocycles. The molecule has 0 radical (unpaired) electrons. The summed E-state index contributed by atoms with van der Waals surface area (Å²) in [5.74, 6) is 3.66. The monoisotopic (exact) mass is 663 g/mol. The van der Waals surface area contributed by atoms with Crippen LogP contribution in [0.5, 0.6) is 11.5 Å². The van der Waals surface area contributed by atoms with Crippen LogP contribution in [0.1, 0.15) is 22.3 Å². The summed E-state index contributed by atoms with van der Waals surface area (Å²) >= 11 is 0. The molecule has 11 rings (SSSR count). The Hall–Kier alpha value is -6.91. The van der Waals surface area contributed by atoms with Crippen LogP contribution >= 0.6 is 0 Å². The number of hydrogen-bond donors (Lipinski definition) is 0. The Labute approximate surface area is 300 Å². The van der Waals surface area contributed by atoms with Crippen LogP contribution in [-0.2, 0) is 5.41 Å². The summed E-state index contributed by atoms with van der Waals surface area (Å²) in [6.45, 7) is 0. The Morgan fingerprint density at radius 1 is 0.346 bits per heavy atom. The second-order valence-electron chi connectivity index (χ2n) is 13.5. The van der Waals surface area contributed by atoms with E-state index >= 15 is 0 Å². The van der Waals surface area contributed by atoms with Crippen molar-refractivity contribution in [3.8, 4) is 56.8 Å². The minimum atomic E-state index is -0.730. The normalized spacial score (nSPS) is 13.3. The molecule has 1 aromatic heterocycles. The van der Waals surface area contributed by atoms with E-state index in [2.05, 4.69) is 140 Å². The zero-order valence-electron chi connectivity index (χ0n) is 28.0. The molecule has 242 valence electrons. The van der Waals surface area contributed by atoms with Crippen molar-refractivity contribution < 1.29 is 4.74 Å². The lowest BCUT2D eigenvalue weighted by atomic mass is 9.64. The minimum absolute atomic E-state index is 0.632. The highest BCUT2D eigenvalue weighted by Gasteiger charge is 2.53. The largest absolute Gasteiger partial charge is 0.455 e. The standard InChI is InChI=1S/C48H29N3O/c1-3-16-32(17-4-1)45-49-46(33-18-5-2-6-19-33)51-47(50-45)38-24-13-23-37-36-22-11-12-25-39(36)48(42(37)38)40-28-26-30-14-7-9-20-34(30)43(40)52-44-35-21-10-8-15-31(35)27-29-41(44)48/h1-29H. The number of hydrogen-bond acceptors (Lipinski definition) is 4. The van der Waals surface area contributed by atoms with Crippen molar-refractivity contribution in [3.63, 3.8) is 0 Å². The van der Waals surface area contributed by atoms with Gasteiger partial charge in [-0.1, -0.05) is 176 Å². The van der Waals surface area contributed by atoms with Gasteiger partial charge in [-0.05, 0) is 33.0 Å². The maximum Gasteiger partial charge on any atom is 0.164 e. The number of ether oxygens (including phenoxy) is 1. The summed E-state index contributed by atoms with van der Waals surface area (Å²) in [6.07, 6.45) is 0. The summed E-state index contributed by atoms with van der Waals surface area (Å²) in [5.41, 5.74) is 9.04. The average Bonchev–Trinajstić information content (AvgIpc) is 3.52. The molecule has 8 aromatic carbocycles. The van der Waals surface area contributed by atoms with E-state index < -0.39 is 5.41 Å². The lowest BCUT2D eigenvalue weighted by Crippen LogP contribution is -2.33. The van der Waals surface area contributed by atoms with Crippen molar-refractivity contribution in [2.45, 2.75) is 5.41 Å². The predicted octanol–water partition coefficient (Wildman–Crippen LogP) is 11.6. The Morgan fingerprint density at radius 3 is 1.44 bits per heavy atom. The van der Waals surface area contributed by atoms with E-state index in [0.717, 1.165) is 72.0 Å². The summed E-state index contributed by atoms with van der Waals surface area (Å²) < 4.78 is 7.18. The van der Waals surface area contributed by atoms with Crippen LogP contribution in [0.2, 0.25) is 0 Å². The van der Waals surface area contributed by atoms with E-state index in [4.69, 9.17) is 19.7 Å². The van der Waals surface area contributed by atoms with Crippen molar-refractivity contribution in [1.29, 1.82) is 0 Å². The molecule has 0 saturated heterocycles. The molecule has 1 spiro atoms. The zero-order valence-corrected chi connectivity index (χ0v) is 28.0. The fraction of sp³-hybridized carbons (Fsp3) is 0.0208. The Balaban J connectivity index is 1.30. The molecule has 0 saturated carbocycles. The van der Waals surface area contributed by atoms with Gasteiger partial charge in [-0.3, -0.25) is 0 Å². The van der Waals surface area contributed by atoms with Crippen molar-refractivity contribution in [2.24, 2.45) is 0 Å². The molecule has 0 unspecified atom stereocenters. The molecule has 4 nitrogen and oxygen atoms in total. The summed E-state index contributed by atoms with van der Waals surface area (Å²) in [5, 5.41) is 4.44. The van der Waals surface area contributed by atoms with E-state index in [0.29, 0.717) is 17.5 Å². The number of fused-ring (bicyclic) bond motifs is 13. The smallest absolute Gasteiger partial charge is 0.164 e. The van der Waals surface area contributed by atoms with Gasteiger partial charge in [-0.25, -0.2) is 15.0 Å². The van der Waals surface area contributed by atoms with Gasteiger partial charge in [-0.15, -0.1) is 0 Å². The van der Waals surface area contributed by atoms with Crippen molar-refractivity contribution >= 4 is 21.5 Å². The molecule has 0 amide bonds. The van der Waals surface area contributed by atoms with Gasteiger partial charge >= 0.3 is 0 Å². The van der Waals surface area contributed by atoms with Crippen LogP contribution in [0.15, 0.2) is 176 Å². The molecule has 0 N–H and O–H groups in total. The van der Waals surface area contributed by atoms with Gasteiger partial charge in [0.2, 0.25) is 0 Å². The topological polar surface area (TPSA) is 47.9 Å². The highest BCUT2D eigenvalue weighted by molar-refractivity contribution is 6.01. The lowest BCUT2D eigenvalue weighted by Gasteiger charge is -2.41. The molecule has 0 fully saturated rings. The lowest BCUT2D eigenvalue weighted by molar-refractivity contribution is 0.447. The quantitative estimate of drug-likeness (QED) is 0.189. The molecule has 1 aliphatic carbocycles. The predicted molar refractivity (Wildman–Crippen MR) is 209 cm³/mol. The molecular weight excluding hydrogens is 635 g/mol. The SMILES string of the molecule is c1ccc(-c2nc(-c3ccccc3)nc(-c3cccc4c3C3(c5ccccc5-4)c4ccc5ccccc5c4Oc4c3ccc3ccccc43)n2)cc1. The van der Waals surface area contributed by atoms with Crippen LogP contribution < -0.4 is 4.74 Å². The molecule has 0 atom stereocenters. The molecule has 9 aromatic rings. The van der Waals surface area contributed by atoms with Crippen LogP contribution in [0.4, 0.5) is 0 Å². The summed E-state index contributed by atoms with van der Waals surface area (Å²) in [6, 6.07) is 61.8. The average molecular weight is 664 g/mol. The number of nitrogens with zero attached hydrogens (tertiary/aromatic N) is 3. The highest BCUT2D eigenvalue weighted by atomic mass is 16.5.